The van der Waals surface area contributed by atoms with Crippen molar-refractivity contribution in [3.63, 3.8) is 0 Å². The van der Waals surface area contributed by atoms with E-state index in [0.717, 1.165) is 5.57 Å². The molecule has 1 fully saturated rings. The van der Waals surface area contributed by atoms with Gasteiger partial charge in [-0.15, -0.1) is 0 Å². The summed E-state index contributed by atoms with van der Waals surface area (Å²) in [6.45, 7) is 9.59. The highest BCUT2D eigenvalue weighted by atomic mass is 19.1. The van der Waals surface area contributed by atoms with Crippen LogP contribution in [-0.2, 0) is 4.65 Å². The van der Waals surface area contributed by atoms with E-state index >= 15 is 0 Å². The van der Waals surface area contributed by atoms with Crippen molar-refractivity contribution in [3.05, 3.63) is 23.2 Å². The maximum atomic E-state index is 11.8. The summed E-state index contributed by atoms with van der Waals surface area (Å²) in [6.07, 6.45) is 3.16. The van der Waals surface area contributed by atoms with E-state index in [9.17, 15) is 4.39 Å². The molecule has 88 valence electrons. The van der Waals surface area contributed by atoms with Crippen LogP contribution in [0.5, 0.6) is 0 Å². The van der Waals surface area contributed by atoms with Gasteiger partial charge in [-0.05, 0) is 24.0 Å². The monoisotopic (exact) mass is 216 g/mol. The van der Waals surface area contributed by atoms with Crippen LogP contribution in [0.15, 0.2) is 23.2 Å². The molecule has 1 rings (SSSR count). The molecule has 15 heavy (non-hydrogen) atoms. The van der Waals surface area contributed by atoms with Crippen molar-refractivity contribution in [1.29, 1.82) is 0 Å². The van der Waals surface area contributed by atoms with Gasteiger partial charge in [0, 0.05) is 0 Å². The fraction of sp³-hybridized carbons (Fsp3) is 0.636. The zero-order valence-corrected chi connectivity index (χ0v) is 10.4. The Balaban J connectivity index is 0. The molecule has 1 saturated heterocycles. The van der Waals surface area contributed by atoms with Gasteiger partial charge in [0.1, 0.15) is 6.67 Å². The zero-order valence-electron chi connectivity index (χ0n) is 10.4. The molecule has 0 saturated carbocycles. The molecule has 0 bridgehead atoms. The smallest absolute Gasteiger partial charge is 0.423 e. The van der Waals surface area contributed by atoms with Crippen molar-refractivity contribution in [1.82, 2.24) is 0 Å². The molecule has 0 aliphatic carbocycles. The van der Waals surface area contributed by atoms with Crippen LogP contribution in [0.2, 0.25) is 0 Å². The Morgan fingerprint density at radius 1 is 1.40 bits per heavy atom. The number of hydrogen-bond acceptors (Lipinski definition) is 2. The van der Waals surface area contributed by atoms with Crippen molar-refractivity contribution in [3.8, 4) is 0 Å². The fourth-order valence-electron chi connectivity index (χ4n) is 1.10. The van der Waals surface area contributed by atoms with E-state index in [0.29, 0.717) is 12.1 Å². The average Bonchev–Trinajstić information content (AvgIpc) is 2.65. The predicted octanol–water partition coefficient (Wildman–Crippen LogP) is 2.93. The summed E-state index contributed by atoms with van der Waals surface area (Å²) in [5.74, 6) is 0. The van der Waals surface area contributed by atoms with Crippen LogP contribution in [0.4, 0.5) is 4.39 Å². The Bertz CT molecular complexity index is 203. The summed E-state index contributed by atoms with van der Waals surface area (Å²) < 4.78 is 16.7. The van der Waals surface area contributed by atoms with Gasteiger partial charge < -0.3 is 9.68 Å². The first-order valence-electron chi connectivity index (χ1n) is 5.51. The first kappa shape index (κ1) is 16.8. The number of allylic oxidation sites excluding steroid dienone is 2. The summed E-state index contributed by atoms with van der Waals surface area (Å²) in [7, 11) is -0.863. The number of rotatable bonds is 1. The largest absolute Gasteiger partial charge is 0.491 e. The highest BCUT2D eigenvalue weighted by Crippen LogP contribution is 2.20. The van der Waals surface area contributed by atoms with Gasteiger partial charge in [0.15, 0.2) is 0 Å². The van der Waals surface area contributed by atoms with Crippen LogP contribution < -0.4 is 0 Å². The van der Waals surface area contributed by atoms with E-state index in [1.54, 1.807) is 13.0 Å². The number of hydrogen-bond donors (Lipinski definition) is 1. The zero-order chi connectivity index (χ0) is 12.3. The van der Waals surface area contributed by atoms with E-state index in [4.69, 9.17) is 9.68 Å². The van der Waals surface area contributed by atoms with Gasteiger partial charge in [-0.3, -0.25) is 0 Å². The van der Waals surface area contributed by atoms with Gasteiger partial charge in [0.25, 0.3) is 0 Å². The minimum atomic E-state index is -0.863. The lowest BCUT2D eigenvalue weighted by Crippen LogP contribution is -2.12. The summed E-state index contributed by atoms with van der Waals surface area (Å²) in [5, 5.41) is 9.13. The van der Waals surface area contributed by atoms with E-state index in [1.165, 1.54) is 6.08 Å². The molecule has 0 radical (unpaired) electrons. The maximum Gasteiger partial charge on any atom is 0.491 e. The quantitative estimate of drug-likeness (QED) is 0.683. The highest BCUT2D eigenvalue weighted by molar-refractivity contribution is 6.55. The van der Waals surface area contributed by atoms with Crippen molar-refractivity contribution < 1.29 is 14.1 Å². The van der Waals surface area contributed by atoms with Crippen molar-refractivity contribution in [2.24, 2.45) is 0 Å². The normalized spacial score (nSPS) is 19.5. The number of alkyl halides is 1. The van der Waals surface area contributed by atoms with Crippen LogP contribution in [-0.4, -0.2) is 25.4 Å². The maximum absolute atomic E-state index is 11.8. The minimum absolute atomic E-state index is 0.310. The van der Waals surface area contributed by atoms with Crippen molar-refractivity contribution in [2.45, 2.75) is 34.6 Å². The lowest BCUT2D eigenvalue weighted by molar-refractivity contribution is 0.315. The van der Waals surface area contributed by atoms with Crippen LogP contribution in [0.1, 0.15) is 34.6 Å². The molecule has 1 heterocycles. The van der Waals surface area contributed by atoms with Crippen LogP contribution in [0, 0.1) is 0 Å². The van der Waals surface area contributed by atoms with E-state index in [1.807, 2.05) is 27.7 Å². The topological polar surface area (TPSA) is 29.5 Å². The second-order valence-corrected chi connectivity index (χ2v) is 2.29. The first-order chi connectivity index (χ1) is 7.29. The minimum Gasteiger partial charge on any atom is -0.423 e. The molecule has 4 heteroatoms. The summed E-state index contributed by atoms with van der Waals surface area (Å²) in [6, 6.07) is 0. The van der Waals surface area contributed by atoms with Crippen LogP contribution in [0.25, 0.3) is 0 Å². The Labute approximate surface area is 93.0 Å². The molecule has 1 N–H and O–H groups in total. The Morgan fingerprint density at radius 3 is 2.33 bits per heavy atom. The average molecular weight is 216 g/mol. The standard InChI is InChI=1S/C7H10BFO2.2C2H6/c1-2-7-6(3-4-9)5-11-8(7)10;2*1-2/h2-3,10H,4-5H2,1H3;2*1-2H3/b6-3-,7-2+;;. The molecule has 2 nitrogen and oxygen atoms in total. The molecule has 0 aromatic heterocycles. The molecule has 1 aliphatic rings. The number of halogens is 1. The third-order valence-corrected chi connectivity index (χ3v) is 1.67. The summed E-state index contributed by atoms with van der Waals surface area (Å²) >= 11 is 0. The van der Waals surface area contributed by atoms with Crippen molar-refractivity contribution >= 4 is 7.12 Å². The van der Waals surface area contributed by atoms with Crippen LogP contribution >= 0.6 is 0 Å². The van der Waals surface area contributed by atoms with Crippen LogP contribution in [0.3, 0.4) is 0 Å². The molecule has 1 aliphatic heterocycles. The Hall–Kier alpha value is -0.605. The van der Waals surface area contributed by atoms with Gasteiger partial charge in [-0.1, -0.05) is 33.8 Å². The third kappa shape index (κ3) is 5.75. The van der Waals surface area contributed by atoms with Gasteiger partial charge in [0.2, 0.25) is 0 Å². The lowest BCUT2D eigenvalue weighted by Gasteiger charge is -1.95. The Morgan fingerprint density at radius 2 is 1.93 bits per heavy atom. The van der Waals surface area contributed by atoms with E-state index in [2.05, 4.69) is 0 Å². The predicted molar refractivity (Wildman–Crippen MR) is 64.4 cm³/mol. The molecule has 0 aromatic rings. The summed E-state index contributed by atoms with van der Waals surface area (Å²) in [4.78, 5) is 0. The molecule has 0 aromatic carbocycles. The molecule has 0 unspecified atom stereocenters. The molecule has 0 spiro atoms. The molecular weight excluding hydrogens is 194 g/mol. The van der Waals surface area contributed by atoms with Gasteiger partial charge in [-0.25, -0.2) is 4.39 Å². The second kappa shape index (κ2) is 11.5. The third-order valence-electron chi connectivity index (χ3n) is 1.67. The molecule has 0 atom stereocenters. The SMILES string of the molecule is C/C=C1/B(O)OC/C1=C/CF.CC.CC. The fourth-order valence-corrected chi connectivity index (χ4v) is 1.10. The van der Waals surface area contributed by atoms with Gasteiger partial charge in [-0.2, -0.15) is 0 Å². The van der Waals surface area contributed by atoms with E-state index < -0.39 is 13.8 Å². The lowest BCUT2D eigenvalue weighted by atomic mass is 9.77. The van der Waals surface area contributed by atoms with Gasteiger partial charge >= 0.3 is 7.12 Å². The second-order valence-electron chi connectivity index (χ2n) is 2.29. The van der Waals surface area contributed by atoms with E-state index in [-0.39, 0.29) is 0 Å². The highest BCUT2D eigenvalue weighted by Gasteiger charge is 2.29. The first-order valence-corrected chi connectivity index (χ1v) is 5.51. The Kier molecular flexibility index (Phi) is 12.9. The molecular formula is C11H22BFO2. The van der Waals surface area contributed by atoms with Crippen molar-refractivity contribution in [2.75, 3.05) is 13.3 Å². The van der Waals surface area contributed by atoms with Gasteiger partial charge in [0.05, 0.1) is 6.61 Å². The molecule has 0 amide bonds. The summed E-state index contributed by atoms with van der Waals surface area (Å²) in [5.41, 5.74) is 1.44.